The van der Waals surface area contributed by atoms with Gasteiger partial charge in [-0.2, -0.15) is 0 Å². The molecule has 1 aliphatic carbocycles. The number of benzene rings is 1. The highest BCUT2D eigenvalue weighted by molar-refractivity contribution is 9.10. The fraction of sp³-hybridized carbons (Fsp3) is 0.467. The van der Waals surface area contributed by atoms with Crippen molar-refractivity contribution in [2.75, 3.05) is 0 Å². The molecule has 1 saturated carbocycles. The number of hydrogen-bond donors (Lipinski definition) is 2. The monoisotopic (exact) mass is 367 g/mol. The van der Waals surface area contributed by atoms with Gasteiger partial charge in [-0.3, -0.25) is 0 Å². The Bertz CT molecular complexity index is 693. The number of ether oxygens (including phenoxy) is 1. The Morgan fingerprint density at radius 1 is 1.41 bits per heavy atom. The molecule has 118 valence electrons. The van der Waals surface area contributed by atoms with Crippen LogP contribution in [0.4, 0.5) is 4.79 Å². The van der Waals surface area contributed by atoms with Crippen molar-refractivity contribution in [3.63, 3.8) is 0 Å². The Hall–Kier alpha value is -1.76. The van der Waals surface area contributed by atoms with Gasteiger partial charge in [-0.25, -0.2) is 9.78 Å². The third-order valence-corrected chi connectivity index (χ3v) is 4.67. The van der Waals surface area contributed by atoms with Crippen LogP contribution in [0.2, 0.25) is 0 Å². The summed E-state index contributed by atoms with van der Waals surface area (Å²) in [5, 5.41) is 11.3. The molecule has 1 aliphatic rings. The molecule has 0 spiro atoms. The van der Waals surface area contributed by atoms with E-state index in [4.69, 9.17) is 9.84 Å². The number of fused-ring (bicyclic) bond motifs is 1. The van der Waals surface area contributed by atoms with Crippen LogP contribution >= 0.6 is 15.9 Å². The molecule has 2 aromatic rings. The number of nitrogens with zero attached hydrogens (tertiary/aromatic N) is 2. The molecule has 3 rings (SSSR count). The summed E-state index contributed by atoms with van der Waals surface area (Å²) >= 11 is 3.53. The molecule has 22 heavy (non-hydrogen) atoms. The molecule has 7 heteroatoms. The lowest BCUT2D eigenvalue weighted by molar-refractivity contribution is 0.134. The maximum absolute atomic E-state index is 10.7. The van der Waals surface area contributed by atoms with Gasteiger partial charge in [-0.1, -0.05) is 0 Å². The molecule has 1 heterocycles. The summed E-state index contributed by atoms with van der Waals surface area (Å²) in [6, 6.07) is 3.98. The van der Waals surface area contributed by atoms with E-state index in [-0.39, 0.29) is 12.1 Å². The first-order valence-corrected chi connectivity index (χ1v) is 8.09. The van der Waals surface area contributed by atoms with E-state index in [9.17, 15) is 4.79 Å². The second-order valence-electron chi connectivity index (χ2n) is 5.67. The quantitative estimate of drug-likeness (QED) is 0.872. The topological polar surface area (TPSA) is 76.4 Å². The minimum atomic E-state index is -0.949. The number of imidazole rings is 1. The molecule has 1 amide bonds. The lowest BCUT2D eigenvalue weighted by atomic mass is 9.93. The molecule has 2 N–H and O–H groups in total. The fourth-order valence-corrected chi connectivity index (χ4v) is 3.45. The number of hydrogen-bond acceptors (Lipinski definition) is 3. The number of amides is 1. The van der Waals surface area contributed by atoms with Crippen LogP contribution in [0.3, 0.4) is 0 Å². The summed E-state index contributed by atoms with van der Waals surface area (Å²) in [4.78, 5) is 15.0. The van der Waals surface area contributed by atoms with E-state index in [0.29, 0.717) is 0 Å². The van der Waals surface area contributed by atoms with Crippen molar-refractivity contribution in [2.45, 2.75) is 37.8 Å². The predicted octanol–water partition coefficient (Wildman–Crippen LogP) is 3.29. The average molecular weight is 368 g/mol. The first kappa shape index (κ1) is 15.1. The predicted molar refractivity (Wildman–Crippen MR) is 86.2 cm³/mol. The molecular formula is C15H18BrN3O3. The third kappa shape index (κ3) is 3.19. The van der Waals surface area contributed by atoms with Crippen LogP contribution in [-0.2, 0) is 7.05 Å². The molecule has 0 radical (unpaired) electrons. The lowest BCUT2D eigenvalue weighted by Crippen LogP contribution is -2.38. The van der Waals surface area contributed by atoms with E-state index < -0.39 is 6.09 Å². The van der Waals surface area contributed by atoms with Crippen molar-refractivity contribution in [1.29, 1.82) is 0 Å². The SMILES string of the molecule is Cn1cnc2c(Br)cc(O[C@H]3CC[C@@H](NC(=O)O)CC3)cc21. The van der Waals surface area contributed by atoms with Crippen molar-refractivity contribution >= 4 is 33.1 Å². The Morgan fingerprint density at radius 3 is 2.82 bits per heavy atom. The second-order valence-corrected chi connectivity index (χ2v) is 6.52. The van der Waals surface area contributed by atoms with Crippen LogP contribution in [-0.4, -0.2) is 32.9 Å². The van der Waals surface area contributed by atoms with Gasteiger partial charge in [-0.15, -0.1) is 0 Å². The number of rotatable bonds is 3. The number of carboxylic acid groups (broad SMARTS) is 1. The van der Waals surface area contributed by atoms with E-state index in [1.165, 1.54) is 0 Å². The Kier molecular flexibility index (Phi) is 4.24. The van der Waals surface area contributed by atoms with Gasteiger partial charge in [0, 0.05) is 23.6 Å². The van der Waals surface area contributed by atoms with E-state index >= 15 is 0 Å². The number of carbonyl (C=O) groups is 1. The Morgan fingerprint density at radius 2 is 2.14 bits per heavy atom. The largest absolute Gasteiger partial charge is 0.490 e. The van der Waals surface area contributed by atoms with Gasteiger partial charge in [0.25, 0.3) is 0 Å². The van der Waals surface area contributed by atoms with Crippen molar-refractivity contribution in [2.24, 2.45) is 7.05 Å². The van der Waals surface area contributed by atoms with Gasteiger partial charge in [0.1, 0.15) is 11.3 Å². The van der Waals surface area contributed by atoms with Gasteiger partial charge in [0.05, 0.1) is 17.9 Å². The van der Waals surface area contributed by atoms with Gasteiger partial charge in [-0.05, 0) is 47.7 Å². The second kappa shape index (κ2) is 6.16. The maximum Gasteiger partial charge on any atom is 0.404 e. The zero-order chi connectivity index (χ0) is 15.7. The standard InChI is InChI=1S/C15H18BrN3O3/c1-19-8-17-14-12(16)6-11(7-13(14)19)22-10-4-2-9(3-5-10)18-15(20)21/h6-10,18H,2-5H2,1H3,(H,20,21)/t9-,10+. The molecule has 1 fully saturated rings. The van der Waals surface area contributed by atoms with Crippen LogP contribution in [0.25, 0.3) is 11.0 Å². The summed E-state index contributed by atoms with van der Waals surface area (Å²) < 4.78 is 8.95. The van der Waals surface area contributed by atoms with Crippen LogP contribution in [0.5, 0.6) is 5.75 Å². The van der Waals surface area contributed by atoms with Crippen LogP contribution in [0, 0.1) is 0 Å². The van der Waals surface area contributed by atoms with E-state index in [2.05, 4.69) is 26.2 Å². The molecular weight excluding hydrogens is 350 g/mol. The lowest BCUT2D eigenvalue weighted by Gasteiger charge is -2.28. The molecule has 0 bridgehead atoms. The Balaban J connectivity index is 1.67. The van der Waals surface area contributed by atoms with E-state index in [1.807, 2.05) is 23.7 Å². The summed E-state index contributed by atoms with van der Waals surface area (Å²) in [5.41, 5.74) is 1.94. The molecule has 1 aromatic heterocycles. The maximum atomic E-state index is 10.7. The number of halogens is 1. The first-order valence-electron chi connectivity index (χ1n) is 7.29. The van der Waals surface area contributed by atoms with Crippen LogP contribution < -0.4 is 10.1 Å². The summed E-state index contributed by atoms with van der Waals surface area (Å²) in [6.45, 7) is 0. The first-order chi connectivity index (χ1) is 10.5. The molecule has 6 nitrogen and oxygen atoms in total. The van der Waals surface area contributed by atoms with Gasteiger partial charge >= 0.3 is 6.09 Å². The van der Waals surface area contributed by atoms with Crippen molar-refractivity contribution in [3.05, 3.63) is 22.9 Å². The normalized spacial score (nSPS) is 21.7. The highest BCUT2D eigenvalue weighted by Gasteiger charge is 2.23. The van der Waals surface area contributed by atoms with Gasteiger partial charge < -0.3 is 19.7 Å². The molecule has 0 atom stereocenters. The van der Waals surface area contributed by atoms with Gasteiger partial charge in [0.2, 0.25) is 0 Å². The van der Waals surface area contributed by atoms with Crippen molar-refractivity contribution < 1.29 is 14.6 Å². The number of nitrogens with one attached hydrogen (secondary N) is 1. The molecule has 0 saturated heterocycles. The minimum Gasteiger partial charge on any atom is -0.490 e. The zero-order valence-electron chi connectivity index (χ0n) is 12.3. The van der Waals surface area contributed by atoms with E-state index in [1.54, 1.807) is 6.33 Å². The number of aryl methyl sites for hydroxylation is 1. The Labute approximate surface area is 136 Å². The smallest absolute Gasteiger partial charge is 0.404 e. The van der Waals surface area contributed by atoms with Crippen LogP contribution in [0.15, 0.2) is 22.9 Å². The summed E-state index contributed by atoms with van der Waals surface area (Å²) in [7, 11) is 1.95. The fourth-order valence-electron chi connectivity index (χ4n) is 2.92. The molecule has 1 aromatic carbocycles. The van der Waals surface area contributed by atoms with Crippen molar-refractivity contribution in [3.8, 4) is 5.75 Å². The summed E-state index contributed by atoms with van der Waals surface area (Å²) in [5.74, 6) is 0.817. The van der Waals surface area contributed by atoms with Gasteiger partial charge in [0.15, 0.2) is 0 Å². The molecule has 0 aliphatic heterocycles. The van der Waals surface area contributed by atoms with Crippen molar-refractivity contribution in [1.82, 2.24) is 14.9 Å². The average Bonchev–Trinajstić information content (AvgIpc) is 2.83. The highest BCUT2D eigenvalue weighted by Crippen LogP contribution is 2.31. The highest BCUT2D eigenvalue weighted by atomic mass is 79.9. The summed E-state index contributed by atoms with van der Waals surface area (Å²) in [6.07, 6.45) is 4.29. The minimum absolute atomic E-state index is 0.0450. The van der Waals surface area contributed by atoms with E-state index in [0.717, 1.165) is 46.9 Å². The number of aromatic nitrogens is 2. The molecule has 0 unspecified atom stereocenters. The zero-order valence-corrected chi connectivity index (χ0v) is 13.8. The van der Waals surface area contributed by atoms with Crippen LogP contribution in [0.1, 0.15) is 25.7 Å². The third-order valence-electron chi connectivity index (χ3n) is 4.06.